The second-order valence-corrected chi connectivity index (χ2v) is 6.37. The summed E-state index contributed by atoms with van der Waals surface area (Å²) in [5.41, 5.74) is 1.32. The van der Waals surface area contributed by atoms with Gasteiger partial charge in [-0.25, -0.2) is 0 Å². The number of hydrogen-bond donors (Lipinski definition) is 1. The number of fused-ring (bicyclic) bond motifs is 3. The smallest absolute Gasteiger partial charge is 0.370 e. The van der Waals surface area contributed by atoms with E-state index in [0.717, 1.165) is 25.1 Å². The van der Waals surface area contributed by atoms with Crippen molar-refractivity contribution in [3.63, 3.8) is 0 Å². The lowest BCUT2D eigenvalue weighted by molar-refractivity contribution is -0.137. The summed E-state index contributed by atoms with van der Waals surface area (Å²) >= 11 is 0. The summed E-state index contributed by atoms with van der Waals surface area (Å²) < 4.78 is 40.7. The standard InChI is InChI=1S/C17H20F3N3/c1-23-15-5-7-22-10-13(15)12-8-11(4-2-3-6-21)9-14(16(12)23)17(18,19)20/h8-9,13,15,22H,2-5,7,10H2,1H3/t13-,15-/m0/s1. The number of likely N-dealkylation sites (N-methyl/N-ethyl adjacent to an activating group) is 1. The molecule has 0 aliphatic carbocycles. The number of benzene rings is 1. The number of nitriles is 1. The molecule has 1 N–H and O–H groups in total. The molecule has 0 spiro atoms. The third-order valence-electron chi connectivity index (χ3n) is 4.95. The van der Waals surface area contributed by atoms with Crippen molar-refractivity contribution in [2.45, 2.75) is 43.8 Å². The molecular weight excluding hydrogens is 303 g/mol. The fourth-order valence-corrected chi connectivity index (χ4v) is 3.92. The van der Waals surface area contributed by atoms with E-state index in [9.17, 15) is 13.2 Å². The molecule has 23 heavy (non-hydrogen) atoms. The van der Waals surface area contributed by atoms with Crippen LogP contribution in [0, 0.1) is 11.3 Å². The van der Waals surface area contributed by atoms with Crippen LogP contribution in [0.2, 0.25) is 0 Å². The summed E-state index contributed by atoms with van der Waals surface area (Å²) in [7, 11) is 1.78. The zero-order valence-corrected chi connectivity index (χ0v) is 13.1. The highest BCUT2D eigenvalue weighted by Gasteiger charge is 2.44. The molecule has 0 saturated carbocycles. The van der Waals surface area contributed by atoms with Crippen LogP contribution in [0.3, 0.4) is 0 Å². The molecular formula is C17H20F3N3. The van der Waals surface area contributed by atoms with Gasteiger partial charge in [0, 0.05) is 32.0 Å². The fraction of sp³-hybridized carbons (Fsp3) is 0.588. The number of rotatable bonds is 3. The highest BCUT2D eigenvalue weighted by molar-refractivity contribution is 5.68. The van der Waals surface area contributed by atoms with Gasteiger partial charge in [0.2, 0.25) is 0 Å². The number of aryl methyl sites for hydroxylation is 1. The monoisotopic (exact) mass is 323 g/mol. The first-order valence-electron chi connectivity index (χ1n) is 7.98. The summed E-state index contributed by atoms with van der Waals surface area (Å²) in [6.07, 6.45) is -2.03. The Bertz CT molecular complexity index is 633. The second kappa shape index (κ2) is 6.04. The average molecular weight is 323 g/mol. The van der Waals surface area contributed by atoms with Crippen molar-refractivity contribution in [3.8, 4) is 6.07 Å². The van der Waals surface area contributed by atoms with Crippen molar-refractivity contribution in [2.24, 2.45) is 0 Å². The molecule has 0 aromatic heterocycles. The first-order chi connectivity index (χ1) is 10.9. The van der Waals surface area contributed by atoms with Crippen LogP contribution in [-0.2, 0) is 12.6 Å². The van der Waals surface area contributed by atoms with Gasteiger partial charge in [-0.3, -0.25) is 0 Å². The molecule has 2 atom stereocenters. The van der Waals surface area contributed by atoms with E-state index < -0.39 is 11.7 Å². The SMILES string of the molecule is CN1c2c(cc(CCCC#N)cc2C(F)(F)F)[C@@H]2CNCC[C@@H]21. The highest BCUT2D eigenvalue weighted by Crippen LogP contribution is 2.49. The predicted octanol–water partition coefficient (Wildman–Crippen LogP) is 3.45. The fourth-order valence-electron chi connectivity index (χ4n) is 3.92. The number of unbranched alkanes of at least 4 members (excludes halogenated alkanes) is 1. The number of halogens is 3. The molecule has 2 aliphatic rings. The largest absolute Gasteiger partial charge is 0.418 e. The third-order valence-corrected chi connectivity index (χ3v) is 4.95. The molecule has 2 aliphatic heterocycles. The van der Waals surface area contributed by atoms with Crippen LogP contribution in [0.15, 0.2) is 12.1 Å². The van der Waals surface area contributed by atoms with E-state index in [4.69, 9.17) is 5.26 Å². The van der Waals surface area contributed by atoms with Gasteiger partial charge in [0.1, 0.15) is 0 Å². The number of piperidine rings is 1. The van der Waals surface area contributed by atoms with Crippen LogP contribution >= 0.6 is 0 Å². The van der Waals surface area contributed by atoms with Crippen molar-refractivity contribution < 1.29 is 13.2 Å². The van der Waals surface area contributed by atoms with E-state index in [1.54, 1.807) is 7.05 Å². The number of anilines is 1. The summed E-state index contributed by atoms with van der Waals surface area (Å²) in [5.74, 6) is 0.112. The predicted molar refractivity (Wildman–Crippen MR) is 82.4 cm³/mol. The quantitative estimate of drug-likeness (QED) is 0.866. The van der Waals surface area contributed by atoms with Crippen LogP contribution < -0.4 is 10.2 Å². The van der Waals surface area contributed by atoms with E-state index in [-0.39, 0.29) is 12.0 Å². The topological polar surface area (TPSA) is 39.1 Å². The van der Waals surface area contributed by atoms with Crippen molar-refractivity contribution in [2.75, 3.05) is 25.0 Å². The van der Waals surface area contributed by atoms with Crippen molar-refractivity contribution in [1.29, 1.82) is 5.26 Å². The summed E-state index contributed by atoms with van der Waals surface area (Å²) in [6, 6.07) is 5.39. The Hall–Kier alpha value is -1.74. The Balaban J connectivity index is 2.05. The third kappa shape index (κ3) is 2.90. The van der Waals surface area contributed by atoms with Gasteiger partial charge >= 0.3 is 6.18 Å². The van der Waals surface area contributed by atoms with Gasteiger partial charge in [-0.05, 0) is 43.0 Å². The number of hydrogen-bond acceptors (Lipinski definition) is 3. The van der Waals surface area contributed by atoms with Crippen molar-refractivity contribution >= 4 is 5.69 Å². The van der Waals surface area contributed by atoms with Gasteiger partial charge in [-0.15, -0.1) is 0 Å². The van der Waals surface area contributed by atoms with Crippen molar-refractivity contribution in [3.05, 3.63) is 28.8 Å². The minimum atomic E-state index is -4.36. The first-order valence-corrected chi connectivity index (χ1v) is 7.98. The molecule has 1 aromatic carbocycles. The molecule has 3 nitrogen and oxygen atoms in total. The summed E-state index contributed by atoms with van der Waals surface area (Å²) in [4.78, 5) is 1.82. The maximum Gasteiger partial charge on any atom is 0.418 e. The molecule has 3 rings (SSSR count). The van der Waals surface area contributed by atoms with Gasteiger partial charge in [-0.1, -0.05) is 6.07 Å². The summed E-state index contributed by atoms with van der Waals surface area (Å²) in [6.45, 7) is 1.57. The zero-order valence-electron chi connectivity index (χ0n) is 13.1. The minimum absolute atomic E-state index is 0.112. The molecule has 0 bridgehead atoms. The minimum Gasteiger partial charge on any atom is -0.370 e. The van der Waals surface area contributed by atoms with E-state index in [2.05, 4.69) is 5.32 Å². The number of alkyl halides is 3. The Morgan fingerprint density at radius 3 is 2.87 bits per heavy atom. The molecule has 6 heteroatoms. The second-order valence-electron chi connectivity index (χ2n) is 6.37. The van der Waals surface area contributed by atoms with Crippen LogP contribution in [0.5, 0.6) is 0 Å². The van der Waals surface area contributed by atoms with Gasteiger partial charge < -0.3 is 10.2 Å². The lowest BCUT2D eigenvalue weighted by Crippen LogP contribution is -2.42. The van der Waals surface area contributed by atoms with E-state index >= 15 is 0 Å². The van der Waals surface area contributed by atoms with Crippen LogP contribution in [0.4, 0.5) is 18.9 Å². The molecule has 0 radical (unpaired) electrons. The Morgan fingerprint density at radius 2 is 2.17 bits per heavy atom. The van der Waals surface area contributed by atoms with Crippen LogP contribution in [0.1, 0.15) is 41.9 Å². The Morgan fingerprint density at radius 1 is 1.39 bits per heavy atom. The molecule has 0 amide bonds. The Labute approximate surface area is 134 Å². The van der Waals surface area contributed by atoms with Crippen LogP contribution in [-0.4, -0.2) is 26.2 Å². The molecule has 1 fully saturated rings. The van der Waals surface area contributed by atoms with Gasteiger partial charge in [0.05, 0.1) is 17.3 Å². The first kappa shape index (κ1) is 16.1. The van der Waals surface area contributed by atoms with Gasteiger partial charge in [0.15, 0.2) is 0 Å². The maximum atomic E-state index is 13.6. The lowest BCUT2D eigenvalue weighted by Gasteiger charge is -2.31. The number of nitrogens with one attached hydrogen (secondary N) is 1. The Kier molecular flexibility index (Phi) is 4.24. The highest BCUT2D eigenvalue weighted by atomic mass is 19.4. The van der Waals surface area contributed by atoms with Crippen molar-refractivity contribution in [1.82, 2.24) is 5.32 Å². The van der Waals surface area contributed by atoms with Crippen LogP contribution in [0.25, 0.3) is 0 Å². The molecule has 124 valence electrons. The number of nitrogens with zero attached hydrogens (tertiary/aromatic N) is 2. The lowest BCUT2D eigenvalue weighted by atomic mass is 9.88. The molecule has 0 unspecified atom stereocenters. The van der Waals surface area contributed by atoms with E-state index in [0.29, 0.717) is 30.5 Å². The van der Waals surface area contributed by atoms with E-state index in [1.165, 1.54) is 6.07 Å². The molecule has 1 saturated heterocycles. The maximum absolute atomic E-state index is 13.6. The molecule has 1 aromatic rings. The average Bonchev–Trinajstić information content (AvgIpc) is 2.80. The summed E-state index contributed by atoms with van der Waals surface area (Å²) in [5, 5.41) is 11.9. The zero-order chi connectivity index (χ0) is 16.6. The molecule has 2 heterocycles. The van der Waals surface area contributed by atoms with Gasteiger partial charge in [-0.2, -0.15) is 18.4 Å². The van der Waals surface area contributed by atoms with Gasteiger partial charge in [0.25, 0.3) is 0 Å². The normalized spacial score (nSPS) is 23.3. The van der Waals surface area contributed by atoms with E-state index in [1.807, 2.05) is 17.0 Å².